The number of ether oxygens (including phenoxy) is 1. The third kappa shape index (κ3) is 4.71. The van der Waals surface area contributed by atoms with Crippen molar-refractivity contribution in [2.45, 2.75) is 33.0 Å². The molecule has 0 fully saturated rings. The van der Waals surface area contributed by atoms with E-state index in [9.17, 15) is 18.0 Å². The van der Waals surface area contributed by atoms with Gasteiger partial charge < -0.3 is 14.2 Å². The summed E-state index contributed by atoms with van der Waals surface area (Å²) in [5.41, 5.74) is 4.03. The number of halogens is 3. The fourth-order valence-electron chi connectivity index (χ4n) is 5.61. The van der Waals surface area contributed by atoms with Crippen LogP contribution < -0.4 is 9.64 Å². The van der Waals surface area contributed by atoms with E-state index in [4.69, 9.17) is 4.74 Å². The number of fused-ring (bicyclic) bond motifs is 2. The number of nitrogens with zero attached hydrogens (tertiary/aromatic N) is 6. The lowest BCUT2D eigenvalue weighted by Gasteiger charge is -2.31. The van der Waals surface area contributed by atoms with Gasteiger partial charge in [-0.15, -0.1) is 0 Å². The van der Waals surface area contributed by atoms with Crippen LogP contribution in [-0.4, -0.2) is 43.9 Å². The molecular formula is C30H27F3N6O2. The molecule has 41 heavy (non-hydrogen) atoms. The maximum atomic E-state index is 14.2. The van der Waals surface area contributed by atoms with Gasteiger partial charge in [0.05, 0.1) is 30.3 Å². The fourth-order valence-corrected chi connectivity index (χ4v) is 5.61. The smallest absolute Gasteiger partial charge is 0.435 e. The normalized spacial score (nSPS) is 13.6. The zero-order valence-corrected chi connectivity index (χ0v) is 23.0. The molecule has 2 aromatic carbocycles. The van der Waals surface area contributed by atoms with Crippen molar-refractivity contribution in [2.24, 2.45) is 7.05 Å². The van der Waals surface area contributed by atoms with Crippen LogP contribution in [0.4, 0.5) is 18.9 Å². The summed E-state index contributed by atoms with van der Waals surface area (Å²) < 4.78 is 50.6. The Morgan fingerprint density at radius 2 is 1.83 bits per heavy atom. The zero-order chi connectivity index (χ0) is 29.1. The number of carbonyl (C=O) groups excluding carboxylic acids is 1. The van der Waals surface area contributed by atoms with Crippen LogP contribution in [0.25, 0.3) is 22.0 Å². The molecule has 0 saturated heterocycles. The number of anilines is 1. The molecule has 0 saturated carbocycles. The van der Waals surface area contributed by atoms with Crippen LogP contribution in [0.2, 0.25) is 0 Å². The number of methoxy groups -OCH3 is 1. The number of imidazole rings is 1. The molecule has 0 atom stereocenters. The Morgan fingerprint density at radius 3 is 2.54 bits per heavy atom. The molecule has 0 spiro atoms. The van der Waals surface area contributed by atoms with E-state index < -0.39 is 11.9 Å². The summed E-state index contributed by atoms with van der Waals surface area (Å²) in [5.74, 6) is 0.317. The van der Waals surface area contributed by atoms with Crippen LogP contribution in [0.1, 0.15) is 38.4 Å². The molecule has 6 rings (SSSR count). The minimum atomic E-state index is -4.65. The highest BCUT2D eigenvalue weighted by Gasteiger charge is 2.39. The number of rotatable bonds is 5. The van der Waals surface area contributed by atoms with Crippen molar-refractivity contribution in [3.05, 3.63) is 88.9 Å². The van der Waals surface area contributed by atoms with Crippen molar-refractivity contribution < 1.29 is 22.7 Å². The average Bonchev–Trinajstić information content (AvgIpc) is 3.57. The standard InChI is InChI=1S/C30H27F3N6O2/c1-17-9-25-23(13-27(41-4)18(2)35-25)26(10-17)39-7-5-20-21(24-15-37(3)36-28(24)30(31,32)33)11-19(12-22(20)29(39)40)14-38-8-6-34-16-38/h6,8-13,15-16H,5,7,14H2,1-4H3. The lowest BCUT2D eigenvalue weighted by atomic mass is 9.87. The van der Waals surface area contributed by atoms with Gasteiger partial charge in [0.1, 0.15) is 5.75 Å². The highest BCUT2D eigenvalue weighted by molar-refractivity contribution is 6.13. The van der Waals surface area contributed by atoms with E-state index in [1.165, 1.54) is 13.2 Å². The predicted octanol–water partition coefficient (Wildman–Crippen LogP) is 5.73. The molecule has 0 unspecified atom stereocenters. The summed E-state index contributed by atoms with van der Waals surface area (Å²) >= 11 is 0. The number of benzene rings is 2. The number of hydrogen-bond acceptors (Lipinski definition) is 5. The van der Waals surface area contributed by atoms with Gasteiger partial charge in [-0.25, -0.2) is 9.97 Å². The maximum absolute atomic E-state index is 14.2. The first-order valence-electron chi connectivity index (χ1n) is 13.0. The highest BCUT2D eigenvalue weighted by Crippen LogP contribution is 2.41. The van der Waals surface area contributed by atoms with Crippen molar-refractivity contribution in [1.82, 2.24) is 24.3 Å². The Labute approximate surface area is 234 Å². The summed E-state index contributed by atoms with van der Waals surface area (Å²) in [4.78, 5) is 24.7. The SMILES string of the molecule is COc1cc2c(N3CCc4c(cc(Cn5ccnc5)cc4-c4cn(C)nc4C(F)(F)F)C3=O)cc(C)cc2nc1C. The number of aryl methyl sites for hydroxylation is 3. The number of carbonyl (C=O) groups is 1. The summed E-state index contributed by atoms with van der Waals surface area (Å²) in [7, 11) is 3.03. The molecule has 1 amide bonds. The van der Waals surface area contributed by atoms with Gasteiger partial charge in [-0.1, -0.05) is 0 Å². The molecule has 11 heteroatoms. The Balaban J connectivity index is 1.53. The van der Waals surface area contributed by atoms with Gasteiger partial charge in [-0.2, -0.15) is 18.3 Å². The molecular weight excluding hydrogens is 533 g/mol. The van der Waals surface area contributed by atoms with E-state index >= 15 is 0 Å². The molecule has 5 aromatic rings. The average molecular weight is 561 g/mol. The van der Waals surface area contributed by atoms with Gasteiger partial charge >= 0.3 is 6.18 Å². The molecule has 8 nitrogen and oxygen atoms in total. The molecule has 0 aliphatic carbocycles. The zero-order valence-electron chi connectivity index (χ0n) is 23.0. The molecule has 0 radical (unpaired) electrons. The Hall–Kier alpha value is -4.67. The van der Waals surface area contributed by atoms with E-state index in [2.05, 4.69) is 15.1 Å². The molecule has 0 N–H and O–H groups in total. The van der Waals surface area contributed by atoms with Gasteiger partial charge in [0.2, 0.25) is 0 Å². The van der Waals surface area contributed by atoms with Crippen molar-refractivity contribution in [3.63, 3.8) is 0 Å². The van der Waals surface area contributed by atoms with Crippen LogP contribution in [0, 0.1) is 13.8 Å². The molecule has 210 valence electrons. The molecule has 0 bridgehead atoms. The third-order valence-corrected chi connectivity index (χ3v) is 7.39. The van der Waals surface area contributed by atoms with E-state index in [-0.39, 0.29) is 18.0 Å². The van der Waals surface area contributed by atoms with Gasteiger partial charge in [-0.3, -0.25) is 9.48 Å². The third-order valence-electron chi connectivity index (χ3n) is 7.39. The molecule has 1 aliphatic rings. The number of alkyl halides is 3. The van der Waals surface area contributed by atoms with Crippen molar-refractivity contribution in [2.75, 3.05) is 18.6 Å². The summed E-state index contributed by atoms with van der Waals surface area (Å²) in [6, 6.07) is 9.27. The van der Waals surface area contributed by atoms with Gasteiger partial charge in [-0.05, 0) is 72.9 Å². The number of hydrogen-bond donors (Lipinski definition) is 0. The van der Waals surface area contributed by atoms with Crippen LogP contribution in [-0.2, 0) is 26.2 Å². The van der Waals surface area contributed by atoms with E-state index in [0.29, 0.717) is 46.7 Å². The number of aromatic nitrogens is 5. The van der Waals surface area contributed by atoms with Crippen LogP contribution in [0.5, 0.6) is 5.75 Å². The second kappa shape index (κ2) is 9.76. The van der Waals surface area contributed by atoms with Gasteiger partial charge in [0.25, 0.3) is 5.91 Å². The van der Waals surface area contributed by atoms with E-state index in [1.807, 2.05) is 32.0 Å². The first-order valence-corrected chi connectivity index (χ1v) is 13.0. The van der Waals surface area contributed by atoms with Crippen molar-refractivity contribution >= 4 is 22.5 Å². The Morgan fingerprint density at radius 1 is 1.05 bits per heavy atom. The quantitative estimate of drug-likeness (QED) is 0.275. The largest absolute Gasteiger partial charge is 0.495 e. The first kappa shape index (κ1) is 26.5. The summed E-state index contributed by atoms with van der Waals surface area (Å²) in [6.07, 6.45) is 2.09. The Kier molecular flexibility index (Phi) is 6.32. The lowest BCUT2D eigenvalue weighted by Crippen LogP contribution is -2.38. The van der Waals surface area contributed by atoms with Crippen LogP contribution in [0.15, 0.2) is 55.2 Å². The van der Waals surface area contributed by atoms with Crippen molar-refractivity contribution in [3.8, 4) is 16.9 Å². The number of amides is 1. The van der Waals surface area contributed by atoms with Crippen LogP contribution in [0.3, 0.4) is 0 Å². The summed E-state index contributed by atoms with van der Waals surface area (Å²) in [5, 5.41) is 4.48. The van der Waals surface area contributed by atoms with E-state index in [0.717, 1.165) is 26.8 Å². The number of pyridine rings is 1. The Bertz CT molecular complexity index is 1810. The molecule has 3 aromatic heterocycles. The second-order valence-corrected chi connectivity index (χ2v) is 10.3. The fraction of sp³-hybridized carbons (Fsp3) is 0.267. The second-order valence-electron chi connectivity index (χ2n) is 10.3. The van der Waals surface area contributed by atoms with Crippen molar-refractivity contribution in [1.29, 1.82) is 0 Å². The maximum Gasteiger partial charge on any atom is 0.435 e. The molecule has 4 heterocycles. The van der Waals surface area contributed by atoms with E-state index in [1.54, 1.807) is 47.4 Å². The first-order chi connectivity index (χ1) is 19.5. The minimum Gasteiger partial charge on any atom is -0.495 e. The predicted molar refractivity (Wildman–Crippen MR) is 148 cm³/mol. The topological polar surface area (TPSA) is 78.1 Å². The molecule has 1 aliphatic heterocycles. The monoisotopic (exact) mass is 560 g/mol. The van der Waals surface area contributed by atoms with Gasteiger partial charge in [0.15, 0.2) is 5.69 Å². The van der Waals surface area contributed by atoms with Gasteiger partial charge in [0, 0.05) is 55.2 Å². The summed E-state index contributed by atoms with van der Waals surface area (Å²) in [6.45, 7) is 4.42. The van der Waals surface area contributed by atoms with Crippen LogP contribution >= 0.6 is 0 Å². The lowest BCUT2D eigenvalue weighted by molar-refractivity contribution is -0.140. The highest BCUT2D eigenvalue weighted by atomic mass is 19.4. The minimum absolute atomic E-state index is 0.0459.